The number of amides is 1. The molecular weight excluding hydrogens is 366 g/mol. The van der Waals surface area contributed by atoms with Crippen LogP contribution in [0.15, 0.2) is 59.7 Å². The number of carbonyl (C=O) groups excluding carboxylic acids is 1. The van der Waals surface area contributed by atoms with Crippen LogP contribution in [0.4, 0.5) is 0 Å². The van der Waals surface area contributed by atoms with Crippen molar-refractivity contribution < 1.29 is 14.3 Å². The maximum Gasteiger partial charge on any atom is 0.257 e. The van der Waals surface area contributed by atoms with Crippen LogP contribution in [0.5, 0.6) is 11.5 Å². The summed E-state index contributed by atoms with van der Waals surface area (Å²) in [5, 5.41) is 3.17. The number of nitrogens with zero attached hydrogens (tertiary/aromatic N) is 2. The minimum atomic E-state index is -0.132. The van der Waals surface area contributed by atoms with E-state index in [1.807, 2.05) is 54.7 Å². The van der Waals surface area contributed by atoms with Crippen molar-refractivity contribution in [3.8, 4) is 22.6 Å². The summed E-state index contributed by atoms with van der Waals surface area (Å²) in [4.78, 5) is 19.4. The van der Waals surface area contributed by atoms with Crippen LogP contribution in [0.2, 0.25) is 0 Å². The van der Waals surface area contributed by atoms with Gasteiger partial charge in [-0.3, -0.25) is 9.79 Å². The third-order valence-electron chi connectivity index (χ3n) is 5.26. The number of hydrogen-bond acceptors (Lipinski definition) is 5. The smallest absolute Gasteiger partial charge is 0.257 e. The molecule has 6 heteroatoms. The number of nitrogens with one attached hydrogen (secondary N) is 1. The first-order chi connectivity index (χ1) is 14.3. The van der Waals surface area contributed by atoms with E-state index in [0.29, 0.717) is 37.1 Å². The second-order valence-corrected chi connectivity index (χ2v) is 7.49. The van der Waals surface area contributed by atoms with Gasteiger partial charge in [0.15, 0.2) is 0 Å². The Hall–Kier alpha value is -3.28. The van der Waals surface area contributed by atoms with Crippen molar-refractivity contribution >= 4 is 12.1 Å². The minimum Gasteiger partial charge on any atom is -0.491 e. The average molecular weight is 389 g/mol. The quantitative estimate of drug-likeness (QED) is 0.853. The van der Waals surface area contributed by atoms with Gasteiger partial charge in [0, 0.05) is 6.21 Å². The molecule has 1 unspecified atom stereocenters. The van der Waals surface area contributed by atoms with E-state index in [-0.39, 0.29) is 12.1 Å². The first-order valence-corrected chi connectivity index (χ1v) is 10.0. The number of aliphatic imine (C=N–C) groups is 1. The van der Waals surface area contributed by atoms with Gasteiger partial charge >= 0.3 is 0 Å². The maximum absolute atomic E-state index is 13.2. The average Bonchev–Trinajstić information content (AvgIpc) is 3.59. The summed E-state index contributed by atoms with van der Waals surface area (Å²) in [6.45, 7) is 1.50. The Balaban J connectivity index is 1.37. The molecule has 1 N–H and O–H groups in total. The van der Waals surface area contributed by atoms with Crippen LogP contribution in [0.25, 0.3) is 11.1 Å². The Labute approximate surface area is 169 Å². The number of ether oxygens (including phenoxy) is 2. The molecule has 1 saturated carbocycles. The Kier molecular flexibility index (Phi) is 4.68. The summed E-state index contributed by atoms with van der Waals surface area (Å²) in [6, 6.07) is 13.9. The lowest BCUT2D eigenvalue weighted by Gasteiger charge is -2.25. The van der Waals surface area contributed by atoms with E-state index < -0.39 is 0 Å². The molecule has 1 aliphatic carbocycles. The van der Waals surface area contributed by atoms with E-state index in [1.54, 1.807) is 11.1 Å². The van der Waals surface area contributed by atoms with Gasteiger partial charge in [-0.15, -0.1) is 0 Å². The summed E-state index contributed by atoms with van der Waals surface area (Å²) in [5.74, 6) is 1.50. The molecule has 3 aliphatic rings. The van der Waals surface area contributed by atoms with E-state index in [0.717, 1.165) is 29.7 Å². The van der Waals surface area contributed by atoms with Gasteiger partial charge in [0.2, 0.25) is 0 Å². The molecule has 1 amide bonds. The van der Waals surface area contributed by atoms with Crippen molar-refractivity contribution in [2.75, 3.05) is 19.7 Å². The van der Waals surface area contributed by atoms with Crippen LogP contribution in [0, 0.1) is 0 Å². The highest BCUT2D eigenvalue weighted by molar-refractivity contribution is 5.98. The molecule has 148 valence electrons. The lowest BCUT2D eigenvalue weighted by atomic mass is 10.0. The van der Waals surface area contributed by atoms with Crippen molar-refractivity contribution in [3.05, 3.63) is 60.3 Å². The fourth-order valence-corrected chi connectivity index (χ4v) is 3.53. The fraction of sp³-hybridized carbons (Fsp3) is 0.304. The molecule has 2 aromatic rings. The Morgan fingerprint density at radius 1 is 1.14 bits per heavy atom. The Bertz CT molecular complexity index is 964. The molecular formula is C23H23N3O3. The van der Waals surface area contributed by atoms with Crippen LogP contribution in [-0.4, -0.2) is 49.0 Å². The zero-order valence-electron chi connectivity index (χ0n) is 16.1. The maximum atomic E-state index is 13.2. The van der Waals surface area contributed by atoms with E-state index in [1.165, 1.54) is 0 Å². The van der Waals surface area contributed by atoms with Gasteiger partial charge in [-0.1, -0.05) is 18.2 Å². The molecule has 6 nitrogen and oxygen atoms in total. The van der Waals surface area contributed by atoms with E-state index in [2.05, 4.69) is 10.3 Å². The summed E-state index contributed by atoms with van der Waals surface area (Å²) in [7, 11) is 0. The highest BCUT2D eigenvalue weighted by Gasteiger charge is 2.26. The molecule has 0 spiro atoms. The van der Waals surface area contributed by atoms with Gasteiger partial charge in [0.1, 0.15) is 24.3 Å². The van der Waals surface area contributed by atoms with Crippen molar-refractivity contribution in [2.45, 2.75) is 25.1 Å². The SMILES string of the molecule is O=C1c2cc(-c3ccc(OC4CC4)cc3)ccc2OCCN1CC1N=CC=CN1. The summed E-state index contributed by atoms with van der Waals surface area (Å²) < 4.78 is 11.7. The molecule has 29 heavy (non-hydrogen) atoms. The van der Waals surface area contributed by atoms with Crippen LogP contribution in [0.1, 0.15) is 23.2 Å². The van der Waals surface area contributed by atoms with Crippen molar-refractivity contribution in [1.29, 1.82) is 0 Å². The van der Waals surface area contributed by atoms with Gasteiger partial charge in [0.05, 0.1) is 24.8 Å². The molecule has 0 radical (unpaired) electrons. The standard InChI is InChI=1S/C23H23N3O3/c27-23-20-14-17(16-2-5-18(6-3-16)29-19-7-8-19)4-9-21(20)28-13-12-26(23)15-22-24-10-1-11-25-22/h1-6,9-11,14,19,22,24H,7-8,12-13,15H2. The molecule has 0 aromatic heterocycles. The predicted molar refractivity (Wildman–Crippen MR) is 111 cm³/mol. The van der Waals surface area contributed by atoms with Gasteiger partial charge in [-0.25, -0.2) is 0 Å². The third-order valence-corrected chi connectivity index (χ3v) is 5.26. The molecule has 5 rings (SSSR count). The normalized spacial score (nSPS) is 20.5. The summed E-state index contributed by atoms with van der Waals surface area (Å²) in [6.07, 6.45) is 7.97. The van der Waals surface area contributed by atoms with E-state index >= 15 is 0 Å². The van der Waals surface area contributed by atoms with Crippen LogP contribution in [-0.2, 0) is 0 Å². The first kappa shape index (κ1) is 17.8. The lowest BCUT2D eigenvalue weighted by Crippen LogP contribution is -2.42. The zero-order valence-corrected chi connectivity index (χ0v) is 16.1. The largest absolute Gasteiger partial charge is 0.491 e. The second-order valence-electron chi connectivity index (χ2n) is 7.49. The lowest BCUT2D eigenvalue weighted by molar-refractivity contribution is 0.0742. The molecule has 2 heterocycles. The van der Waals surface area contributed by atoms with E-state index in [4.69, 9.17) is 9.47 Å². The Morgan fingerprint density at radius 3 is 2.72 bits per heavy atom. The number of allylic oxidation sites excluding steroid dienone is 1. The number of benzene rings is 2. The van der Waals surface area contributed by atoms with Gasteiger partial charge in [-0.2, -0.15) is 0 Å². The predicted octanol–water partition coefficient (Wildman–Crippen LogP) is 3.24. The highest BCUT2D eigenvalue weighted by atomic mass is 16.5. The third kappa shape index (κ3) is 3.97. The van der Waals surface area contributed by atoms with Crippen molar-refractivity contribution in [1.82, 2.24) is 10.2 Å². The molecule has 0 bridgehead atoms. The summed E-state index contributed by atoms with van der Waals surface area (Å²) in [5.41, 5.74) is 2.62. The second kappa shape index (κ2) is 7.62. The Morgan fingerprint density at radius 2 is 1.97 bits per heavy atom. The summed E-state index contributed by atoms with van der Waals surface area (Å²) >= 11 is 0. The number of fused-ring (bicyclic) bond motifs is 1. The van der Waals surface area contributed by atoms with E-state index in [9.17, 15) is 4.79 Å². The fourth-order valence-electron chi connectivity index (χ4n) is 3.53. The van der Waals surface area contributed by atoms with Gasteiger partial charge in [0.25, 0.3) is 5.91 Å². The van der Waals surface area contributed by atoms with Crippen LogP contribution < -0.4 is 14.8 Å². The molecule has 0 saturated heterocycles. The van der Waals surface area contributed by atoms with Gasteiger partial charge in [-0.05, 0) is 60.5 Å². The molecule has 1 atom stereocenters. The highest BCUT2D eigenvalue weighted by Crippen LogP contribution is 2.32. The molecule has 1 fully saturated rings. The monoisotopic (exact) mass is 389 g/mol. The van der Waals surface area contributed by atoms with Crippen LogP contribution >= 0.6 is 0 Å². The molecule has 2 aromatic carbocycles. The number of rotatable bonds is 5. The number of hydrogen-bond donors (Lipinski definition) is 1. The van der Waals surface area contributed by atoms with Gasteiger partial charge < -0.3 is 19.7 Å². The van der Waals surface area contributed by atoms with Crippen molar-refractivity contribution in [3.63, 3.8) is 0 Å². The zero-order chi connectivity index (χ0) is 19.6. The minimum absolute atomic E-state index is 0.0282. The topological polar surface area (TPSA) is 63.2 Å². The number of carbonyl (C=O) groups is 1. The van der Waals surface area contributed by atoms with Crippen molar-refractivity contribution in [2.24, 2.45) is 4.99 Å². The first-order valence-electron chi connectivity index (χ1n) is 10.0. The van der Waals surface area contributed by atoms with Crippen LogP contribution in [0.3, 0.4) is 0 Å². The molecule has 2 aliphatic heterocycles.